The molecule has 2 aromatic rings. The third kappa shape index (κ3) is 4.12. The van der Waals surface area contributed by atoms with Gasteiger partial charge in [0, 0.05) is 10.6 Å². The van der Waals surface area contributed by atoms with Gasteiger partial charge in [-0.2, -0.15) is 5.10 Å². The number of carboxylic acid groups (broad SMARTS) is 1. The van der Waals surface area contributed by atoms with Gasteiger partial charge in [0.05, 0.1) is 18.3 Å². The van der Waals surface area contributed by atoms with E-state index >= 15 is 0 Å². The number of carboxylic acids is 1. The van der Waals surface area contributed by atoms with E-state index < -0.39 is 11.2 Å². The van der Waals surface area contributed by atoms with Crippen molar-refractivity contribution in [1.82, 2.24) is 0 Å². The summed E-state index contributed by atoms with van der Waals surface area (Å²) in [6, 6.07) is 16.1. The summed E-state index contributed by atoms with van der Waals surface area (Å²) in [4.78, 5) is 25.0. The molecular formula is C18H14ClN3O3S. The van der Waals surface area contributed by atoms with Crippen LogP contribution in [0.25, 0.3) is 0 Å². The van der Waals surface area contributed by atoms with Crippen molar-refractivity contribution in [1.29, 1.82) is 0 Å². The molecule has 1 atom stereocenters. The molecule has 1 aliphatic heterocycles. The van der Waals surface area contributed by atoms with Crippen LogP contribution < -0.4 is 4.90 Å². The van der Waals surface area contributed by atoms with Gasteiger partial charge in [0.25, 0.3) is 0 Å². The molecule has 0 spiro atoms. The van der Waals surface area contributed by atoms with E-state index in [0.717, 1.165) is 11.8 Å². The number of nitrogens with zero attached hydrogens (tertiary/aromatic N) is 3. The fraction of sp³-hybridized carbons (Fsp3) is 0.111. The number of carbonyl (C=O) groups is 2. The lowest BCUT2D eigenvalue weighted by Crippen LogP contribution is -2.32. The molecule has 1 aliphatic rings. The molecule has 0 aromatic heterocycles. The fourth-order valence-corrected chi connectivity index (χ4v) is 3.63. The first-order chi connectivity index (χ1) is 12.6. The van der Waals surface area contributed by atoms with Gasteiger partial charge in [0.2, 0.25) is 5.91 Å². The summed E-state index contributed by atoms with van der Waals surface area (Å²) in [5.41, 5.74) is 1.31. The smallest absolute Gasteiger partial charge is 0.305 e. The Labute approximate surface area is 159 Å². The van der Waals surface area contributed by atoms with E-state index in [1.54, 1.807) is 36.4 Å². The Bertz CT molecular complexity index is 886. The number of amides is 1. The Kier molecular flexibility index (Phi) is 5.70. The van der Waals surface area contributed by atoms with E-state index in [1.165, 1.54) is 11.1 Å². The number of amidine groups is 1. The second kappa shape index (κ2) is 8.16. The Hall–Kier alpha value is -2.64. The average Bonchev–Trinajstić information content (AvgIpc) is 2.92. The molecular weight excluding hydrogens is 374 g/mol. The number of hydrogen-bond acceptors (Lipinski definition) is 5. The van der Waals surface area contributed by atoms with Crippen LogP contribution in [0.4, 0.5) is 5.69 Å². The molecule has 0 unspecified atom stereocenters. The SMILES string of the molecule is O=C(O)C[C@@H]1S/C(=N\N=C\c2ccccc2Cl)N(c2ccccc2)C1=O. The van der Waals surface area contributed by atoms with E-state index in [9.17, 15) is 9.59 Å². The van der Waals surface area contributed by atoms with Gasteiger partial charge in [-0.25, -0.2) is 0 Å². The van der Waals surface area contributed by atoms with Gasteiger partial charge in [-0.1, -0.05) is 59.8 Å². The number of aliphatic carboxylic acids is 1. The minimum absolute atomic E-state index is 0.278. The van der Waals surface area contributed by atoms with Crippen LogP contribution in [0.5, 0.6) is 0 Å². The lowest BCUT2D eigenvalue weighted by Gasteiger charge is -2.15. The van der Waals surface area contributed by atoms with Gasteiger partial charge < -0.3 is 5.11 Å². The van der Waals surface area contributed by atoms with Crippen LogP contribution in [-0.2, 0) is 9.59 Å². The molecule has 1 N–H and O–H groups in total. The van der Waals surface area contributed by atoms with Crippen LogP contribution in [-0.4, -0.2) is 33.6 Å². The minimum atomic E-state index is -1.04. The highest BCUT2D eigenvalue weighted by Gasteiger charge is 2.40. The van der Waals surface area contributed by atoms with Gasteiger partial charge in [0.1, 0.15) is 5.25 Å². The van der Waals surface area contributed by atoms with E-state index in [0.29, 0.717) is 21.4 Å². The Morgan fingerprint density at radius 2 is 1.88 bits per heavy atom. The molecule has 6 nitrogen and oxygen atoms in total. The maximum Gasteiger partial charge on any atom is 0.305 e. The van der Waals surface area contributed by atoms with Crippen molar-refractivity contribution in [2.24, 2.45) is 10.2 Å². The first kappa shape index (κ1) is 18.2. The zero-order valence-corrected chi connectivity index (χ0v) is 15.0. The number of rotatable bonds is 5. The number of anilines is 1. The van der Waals surface area contributed by atoms with Gasteiger partial charge in [0.15, 0.2) is 5.17 Å². The van der Waals surface area contributed by atoms with Crippen molar-refractivity contribution in [3.63, 3.8) is 0 Å². The third-order valence-electron chi connectivity index (χ3n) is 3.55. The number of halogens is 1. The fourth-order valence-electron chi connectivity index (χ4n) is 2.36. The van der Waals surface area contributed by atoms with Gasteiger partial charge in [-0.15, -0.1) is 5.10 Å². The zero-order chi connectivity index (χ0) is 18.5. The molecule has 8 heteroatoms. The lowest BCUT2D eigenvalue weighted by molar-refractivity contribution is -0.138. The lowest BCUT2D eigenvalue weighted by atomic mass is 10.2. The number of thioether (sulfide) groups is 1. The Balaban J connectivity index is 1.90. The maximum atomic E-state index is 12.6. The quantitative estimate of drug-likeness (QED) is 0.627. The van der Waals surface area contributed by atoms with E-state index in [4.69, 9.17) is 16.7 Å². The summed E-state index contributed by atoms with van der Waals surface area (Å²) in [7, 11) is 0. The molecule has 0 radical (unpaired) electrons. The summed E-state index contributed by atoms with van der Waals surface area (Å²) in [6.07, 6.45) is 1.22. The summed E-state index contributed by atoms with van der Waals surface area (Å²) in [5.74, 6) is -1.36. The Morgan fingerprint density at radius 1 is 1.19 bits per heavy atom. The third-order valence-corrected chi connectivity index (χ3v) is 5.03. The van der Waals surface area contributed by atoms with Crippen molar-refractivity contribution in [2.75, 3.05) is 4.90 Å². The van der Waals surface area contributed by atoms with E-state index in [2.05, 4.69) is 10.2 Å². The van der Waals surface area contributed by atoms with Crippen molar-refractivity contribution in [3.8, 4) is 0 Å². The molecule has 0 aliphatic carbocycles. The molecule has 1 amide bonds. The summed E-state index contributed by atoms with van der Waals surface area (Å²) in [6.45, 7) is 0. The van der Waals surface area contributed by atoms with Gasteiger partial charge >= 0.3 is 5.97 Å². The second-order valence-electron chi connectivity index (χ2n) is 5.36. The molecule has 26 heavy (non-hydrogen) atoms. The van der Waals surface area contributed by atoms with E-state index in [1.807, 2.05) is 18.2 Å². The predicted octanol–water partition coefficient (Wildman–Crippen LogP) is 3.65. The maximum absolute atomic E-state index is 12.6. The van der Waals surface area contributed by atoms with Crippen molar-refractivity contribution in [3.05, 3.63) is 65.2 Å². The standard InChI is InChI=1S/C18H14ClN3O3S/c19-14-9-5-4-6-12(14)11-20-21-18-22(13-7-2-1-3-8-13)17(25)15(26-18)10-16(23)24/h1-9,11,15H,10H2,(H,23,24)/b20-11+,21-18-/t15-/m0/s1. The summed E-state index contributed by atoms with van der Waals surface area (Å²) >= 11 is 7.16. The second-order valence-corrected chi connectivity index (χ2v) is 6.94. The monoisotopic (exact) mass is 387 g/mol. The summed E-state index contributed by atoms with van der Waals surface area (Å²) in [5, 5.41) is 17.3. The normalized spacial score (nSPS) is 18.8. The highest BCUT2D eigenvalue weighted by Crippen LogP contribution is 2.33. The van der Waals surface area contributed by atoms with Gasteiger partial charge in [-0.05, 0) is 18.2 Å². The molecule has 1 heterocycles. The molecule has 2 aromatic carbocycles. The average molecular weight is 388 g/mol. The highest BCUT2D eigenvalue weighted by atomic mass is 35.5. The van der Waals surface area contributed by atoms with Crippen LogP contribution in [0.1, 0.15) is 12.0 Å². The highest BCUT2D eigenvalue weighted by molar-refractivity contribution is 8.16. The van der Waals surface area contributed by atoms with Crippen molar-refractivity contribution < 1.29 is 14.7 Å². The molecule has 132 valence electrons. The topological polar surface area (TPSA) is 82.3 Å². The molecule has 0 bridgehead atoms. The van der Waals surface area contributed by atoms with Crippen molar-refractivity contribution in [2.45, 2.75) is 11.7 Å². The van der Waals surface area contributed by atoms with Gasteiger partial charge in [-0.3, -0.25) is 14.5 Å². The number of carbonyl (C=O) groups excluding carboxylic acids is 1. The Morgan fingerprint density at radius 3 is 2.58 bits per heavy atom. The summed E-state index contributed by atoms with van der Waals surface area (Å²) < 4.78 is 0. The largest absolute Gasteiger partial charge is 0.481 e. The van der Waals surface area contributed by atoms with Crippen LogP contribution in [0.3, 0.4) is 0 Å². The number of hydrogen-bond donors (Lipinski definition) is 1. The van der Waals surface area contributed by atoms with Crippen LogP contribution in [0.2, 0.25) is 5.02 Å². The van der Waals surface area contributed by atoms with Crippen LogP contribution in [0, 0.1) is 0 Å². The van der Waals surface area contributed by atoms with Crippen LogP contribution >= 0.6 is 23.4 Å². The number of para-hydroxylation sites is 1. The van der Waals surface area contributed by atoms with E-state index in [-0.39, 0.29) is 12.3 Å². The zero-order valence-electron chi connectivity index (χ0n) is 13.4. The molecule has 1 saturated heterocycles. The molecule has 0 saturated carbocycles. The molecule has 3 rings (SSSR count). The first-order valence-corrected chi connectivity index (χ1v) is 8.95. The first-order valence-electron chi connectivity index (χ1n) is 7.69. The predicted molar refractivity (Wildman–Crippen MR) is 104 cm³/mol. The minimum Gasteiger partial charge on any atom is -0.481 e. The number of benzene rings is 2. The molecule has 1 fully saturated rings. The van der Waals surface area contributed by atoms with Crippen molar-refractivity contribution >= 4 is 52.3 Å². The van der Waals surface area contributed by atoms with Crippen LogP contribution in [0.15, 0.2) is 64.8 Å².